The summed E-state index contributed by atoms with van der Waals surface area (Å²) in [4.78, 5) is 12.5. The Kier molecular flexibility index (Phi) is 6.85. The molecule has 2 aromatic rings. The number of ether oxygens (including phenoxy) is 2. The fraction of sp³-hybridized carbons (Fsp3) is 0.654. The highest BCUT2D eigenvalue weighted by atomic mass is 16.6. The van der Waals surface area contributed by atoms with Gasteiger partial charge in [-0.2, -0.15) is 0 Å². The van der Waals surface area contributed by atoms with Crippen LogP contribution in [0.25, 0.3) is 11.0 Å². The van der Waals surface area contributed by atoms with Gasteiger partial charge in [0.15, 0.2) is 11.5 Å². The summed E-state index contributed by atoms with van der Waals surface area (Å²) in [6.45, 7) is 9.58. The lowest BCUT2D eigenvalue weighted by Crippen LogP contribution is -2.85. The normalized spacial score (nSPS) is 35.4. The van der Waals surface area contributed by atoms with Crippen LogP contribution in [0, 0.1) is 6.92 Å². The van der Waals surface area contributed by atoms with Gasteiger partial charge >= 0.3 is 5.63 Å². The van der Waals surface area contributed by atoms with Gasteiger partial charge in [-0.1, -0.05) is 13.3 Å². The van der Waals surface area contributed by atoms with Gasteiger partial charge in [-0.25, -0.2) is 4.79 Å². The summed E-state index contributed by atoms with van der Waals surface area (Å²) in [7, 11) is 0. The second-order valence-corrected chi connectivity index (χ2v) is 10.6. The van der Waals surface area contributed by atoms with Crippen molar-refractivity contribution >= 4 is 11.0 Å². The summed E-state index contributed by atoms with van der Waals surface area (Å²) < 4.78 is 17.4. The zero-order chi connectivity index (χ0) is 26.6. The number of rotatable bonds is 7. The third kappa shape index (κ3) is 3.94. The molecule has 5 N–H and O–H groups in total. The molecule has 1 aliphatic rings. The smallest absolute Gasteiger partial charge is 0.339 e. The topological polar surface area (TPSA) is 150 Å². The molecule has 3 rings (SSSR count). The van der Waals surface area contributed by atoms with Crippen molar-refractivity contribution in [3.63, 3.8) is 0 Å². The van der Waals surface area contributed by atoms with Gasteiger partial charge in [0, 0.05) is 17.0 Å². The highest BCUT2D eigenvalue weighted by molar-refractivity contribution is 5.84. The molecule has 1 saturated heterocycles. The number of aromatic hydroxyl groups is 1. The molecule has 5 atom stereocenters. The Hall–Kier alpha value is -2.17. The van der Waals surface area contributed by atoms with E-state index in [1.165, 1.54) is 46.8 Å². The summed E-state index contributed by atoms with van der Waals surface area (Å²) in [5.41, 5.74) is -8.41. The third-order valence-electron chi connectivity index (χ3n) is 8.36. The second-order valence-electron chi connectivity index (χ2n) is 10.6. The first-order valence-electron chi connectivity index (χ1n) is 11.9. The van der Waals surface area contributed by atoms with Crippen molar-refractivity contribution in [3.05, 3.63) is 33.7 Å². The number of phenolic OH excluding ortho intramolecular Hbond substituents is 1. The second kappa shape index (κ2) is 8.74. The Labute approximate surface area is 204 Å². The molecule has 0 saturated carbocycles. The lowest BCUT2D eigenvalue weighted by molar-refractivity contribution is -0.405. The van der Waals surface area contributed by atoms with Crippen molar-refractivity contribution < 1.29 is 39.4 Å². The van der Waals surface area contributed by atoms with Crippen LogP contribution >= 0.6 is 0 Å². The summed E-state index contributed by atoms with van der Waals surface area (Å²) in [6, 6.07) is 2.85. The number of aliphatic hydroxyl groups excluding tert-OH is 1. The quantitative estimate of drug-likeness (QED) is 0.365. The van der Waals surface area contributed by atoms with E-state index in [1.807, 2.05) is 13.8 Å². The van der Waals surface area contributed by atoms with Crippen molar-refractivity contribution in [2.24, 2.45) is 0 Å². The number of unbranched alkanes of at least 4 members (excludes halogenated alkanes) is 1. The Bertz CT molecular complexity index is 1160. The molecule has 0 radical (unpaired) electrons. The van der Waals surface area contributed by atoms with Gasteiger partial charge in [-0.05, 0) is 66.0 Å². The van der Waals surface area contributed by atoms with Gasteiger partial charge in [-0.3, -0.25) is 0 Å². The molecule has 1 fully saturated rings. The number of aliphatic hydroxyl groups is 4. The van der Waals surface area contributed by atoms with E-state index in [1.54, 1.807) is 0 Å². The van der Waals surface area contributed by atoms with Crippen molar-refractivity contribution in [2.75, 3.05) is 13.2 Å². The minimum Gasteiger partial charge on any atom is -0.504 e. The van der Waals surface area contributed by atoms with Crippen molar-refractivity contribution in [1.82, 2.24) is 0 Å². The van der Waals surface area contributed by atoms with E-state index in [-0.39, 0.29) is 23.7 Å². The molecule has 0 bridgehead atoms. The maximum atomic E-state index is 12.5. The van der Waals surface area contributed by atoms with Crippen LogP contribution in [-0.2, 0) is 11.2 Å². The van der Waals surface area contributed by atoms with Crippen molar-refractivity contribution in [1.29, 1.82) is 0 Å². The molecule has 9 heteroatoms. The third-order valence-corrected chi connectivity index (χ3v) is 8.36. The van der Waals surface area contributed by atoms with E-state index >= 15 is 0 Å². The Morgan fingerprint density at radius 3 is 2.14 bits per heavy atom. The molecular weight excluding hydrogens is 456 g/mol. The standard InChI is InChI=1S/C26H38O9/c1-8-9-10-16-15(2)17-11-18(28)20(12-19(17)34-21(16)29)33-14-23(4)25(6,31)26(7,32)24(5,30)22(3,13-27)35-23/h11-12,27-28,30-32H,8-10,13-14H2,1-7H3. The fourth-order valence-corrected chi connectivity index (χ4v) is 4.93. The molecule has 5 unspecified atom stereocenters. The summed E-state index contributed by atoms with van der Waals surface area (Å²) in [6.07, 6.45) is 2.35. The summed E-state index contributed by atoms with van der Waals surface area (Å²) in [5, 5.41) is 54.9. The van der Waals surface area contributed by atoms with Crippen LogP contribution in [0.2, 0.25) is 0 Å². The zero-order valence-corrected chi connectivity index (χ0v) is 21.6. The molecule has 1 aliphatic heterocycles. The van der Waals surface area contributed by atoms with Crippen LogP contribution in [0.1, 0.15) is 65.5 Å². The van der Waals surface area contributed by atoms with Gasteiger partial charge in [-0.15, -0.1) is 0 Å². The zero-order valence-electron chi connectivity index (χ0n) is 21.6. The number of hydrogen-bond acceptors (Lipinski definition) is 9. The maximum absolute atomic E-state index is 12.5. The van der Waals surface area contributed by atoms with Crippen molar-refractivity contribution in [3.8, 4) is 11.5 Å². The molecule has 9 nitrogen and oxygen atoms in total. The molecule has 1 aromatic heterocycles. The van der Waals surface area contributed by atoms with Gasteiger partial charge < -0.3 is 39.4 Å². The lowest BCUT2D eigenvalue weighted by Gasteiger charge is -2.65. The van der Waals surface area contributed by atoms with Crippen LogP contribution in [0.15, 0.2) is 21.3 Å². The molecule has 196 valence electrons. The van der Waals surface area contributed by atoms with E-state index in [2.05, 4.69) is 0 Å². The van der Waals surface area contributed by atoms with Gasteiger partial charge in [0.1, 0.15) is 40.2 Å². The van der Waals surface area contributed by atoms with Crippen LogP contribution in [0.4, 0.5) is 0 Å². The molecule has 0 spiro atoms. The van der Waals surface area contributed by atoms with E-state index in [4.69, 9.17) is 13.9 Å². The first-order chi connectivity index (χ1) is 16.0. The molecule has 35 heavy (non-hydrogen) atoms. The molecule has 0 aliphatic carbocycles. The summed E-state index contributed by atoms with van der Waals surface area (Å²) in [5.74, 6) is -0.233. The number of hydrogen-bond donors (Lipinski definition) is 5. The predicted molar refractivity (Wildman–Crippen MR) is 130 cm³/mol. The minimum atomic E-state index is -2.13. The first-order valence-corrected chi connectivity index (χ1v) is 11.9. The average molecular weight is 495 g/mol. The highest BCUT2D eigenvalue weighted by Gasteiger charge is 2.74. The van der Waals surface area contributed by atoms with Crippen molar-refractivity contribution in [2.45, 2.75) is 95.7 Å². The number of phenols is 1. The van der Waals surface area contributed by atoms with Gasteiger partial charge in [0.25, 0.3) is 0 Å². The number of aryl methyl sites for hydroxylation is 1. The Morgan fingerprint density at radius 1 is 0.971 bits per heavy atom. The average Bonchev–Trinajstić information content (AvgIpc) is 2.77. The van der Waals surface area contributed by atoms with Crippen LogP contribution in [-0.4, -0.2) is 66.8 Å². The van der Waals surface area contributed by atoms with Crippen LogP contribution in [0.3, 0.4) is 0 Å². The summed E-state index contributed by atoms with van der Waals surface area (Å²) >= 11 is 0. The molecule has 0 amide bonds. The Morgan fingerprint density at radius 2 is 1.57 bits per heavy atom. The van der Waals surface area contributed by atoms with Gasteiger partial charge in [0.05, 0.1) is 6.61 Å². The largest absolute Gasteiger partial charge is 0.504 e. The fourth-order valence-electron chi connectivity index (χ4n) is 4.93. The van der Waals surface area contributed by atoms with E-state index in [9.17, 15) is 30.3 Å². The first kappa shape index (κ1) is 27.4. The van der Waals surface area contributed by atoms with Crippen LogP contribution < -0.4 is 10.4 Å². The molecule has 1 aromatic carbocycles. The Balaban J connectivity index is 2.00. The van der Waals surface area contributed by atoms with E-state index < -0.39 is 40.2 Å². The van der Waals surface area contributed by atoms with Crippen LogP contribution in [0.5, 0.6) is 11.5 Å². The van der Waals surface area contributed by atoms with E-state index in [0.29, 0.717) is 17.4 Å². The SMILES string of the molecule is CCCCc1c(C)c2cc(O)c(OCC3(C)OC(C)(CO)C(C)(O)C(C)(O)C3(C)O)cc2oc1=O. The monoisotopic (exact) mass is 494 g/mol. The lowest BCUT2D eigenvalue weighted by atomic mass is 9.58. The number of benzene rings is 1. The molecule has 2 heterocycles. The number of fused-ring (bicyclic) bond motifs is 1. The maximum Gasteiger partial charge on any atom is 0.339 e. The van der Waals surface area contributed by atoms with E-state index in [0.717, 1.165) is 18.4 Å². The predicted octanol–water partition coefficient (Wildman–Crippen LogP) is 2.32. The minimum absolute atomic E-state index is 0.0235. The molecular formula is C26H38O9. The van der Waals surface area contributed by atoms with Gasteiger partial charge in [0.2, 0.25) is 0 Å². The highest BCUT2D eigenvalue weighted by Crippen LogP contribution is 2.53.